The summed E-state index contributed by atoms with van der Waals surface area (Å²) < 4.78 is 21.3. The number of hydrogen-bond acceptors (Lipinski definition) is 6. The quantitative estimate of drug-likeness (QED) is 0.426. The molecule has 6 heteroatoms. The molecule has 2 rings (SSSR count). The smallest absolute Gasteiger partial charge is 0.161 e. The summed E-state index contributed by atoms with van der Waals surface area (Å²) in [5.41, 5.74) is 4.77. The molecule has 26 heavy (non-hydrogen) atoms. The Morgan fingerprint density at radius 2 is 1.77 bits per heavy atom. The Morgan fingerprint density at radius 3 is 2.46 bits per heavy atom. The van der Waals surface area contributed by atoms with Crippen LogP contribution >= 0.6 is 0 Å². The zero-order valence-electron chi connectivity index (χ0n) is 15.1. The minimum Gasteiger partial charge on any atom is -0.497 e. The van der Waals surface area contributed by atoms with Gasteiger partial charge in [-0.3, -0.25) is 0 Å². The second-order valence-corrected chi connectivity index (χ2v) is 5.18. The van der Waals surface area contributed by atoms with Gasteiger partial charge in [0.15, 0.2) is 11.5 Å². The van der Waals surface area contributed by atoms with Crippen molar-refractivity contribution in [2.75, 3.05) is 27.9 Å². The van der Waals surface area contributed by atoms with Gasteiger partial charge >= 0.3 is 0 Å². The van der Waals surface area contributed by atoms with E-state index in [4.69, 9.17) is 25.4 Å². The molecule has 0 atom stereocenters. The second-order valence-electron chi connectivity index (χ2n) is 5.18. The molecule has 1 N–H and O–H groups in total. The molecule has 2 aromatic rings. The number of hydrazone groups is 1. The van der Waals surface area contributed by atoms with Crippen molar-refractivity contribution in [3.63, 3.8) is 0 Å². The van der Waals surface area contributed by atoms with Gasteiger partial charge in [-0.15, -0.1) is 6.42 Å². The Balaban J connectivity index is 2.05. The SMILES string of the molecule is C#CCOc1ccc(OC)cc1/C=N\NCc1ccc(OC)c(OC)c1. The number of rotatable bonds is 9. The highest BCUT2D eigenvalue weighted by atomic mass is 16.5. The van der Waals surface area contributed by atoms with Crippen molar-refractivity contribution in [1.82, 2.24) is 5.43 Å². The third kappa shape index (κ3) is 5.08. The van der Waals surface area contributed by atoms with Crippen LogP contribution in [0.4, 0.5) is 0 Å². The highest BCUT2D eigenvalue weighted by Gasteiger charge is 2.05. The number of benzene rings is 2. The monoisotopic (exact) mass is 354 g/mol. The maximum Gasteiger partial charge on any atom is 0.161 e. The molecule has 0 amide bonds. The van der Waals surface area contributed by atoms with E-state index in [-0.39, 0.29) is 6.61 Å². The molecule has 136 valence electrons. The van der Waals surface area contributed by atoms with Crippen LogP contribution in [0.5, 0.6) is 23.0 Å². The molecule has 0 fully saturated rings. The summed E-state index contributed by atoms with van der Waals surface area (Å²) >= 11 is 0. The molecule has 0 saturated carbocycles. The fraction of sp³-hybridized carbons (Fsp3) is 0.250. The van der Waals surface area contributed by atoms with Crippen LogP contribution in [-0.4, -0.2) is 34.2 Å². The summed E-state index contributed by atoms with van der Waals surface area (Å²) in [5, 5.41) is 4.24. The van der Waals surface area contributed by atoms with Gasteiger partial charge in [0.2, 0.25) is 0 Å². The van der Waals surface area contributed by atoms with Crippen molar-refractivity contribution < 1.29 is 18.9 Å². The second kappa shape index (κ2) is 9.84. The number of terminal acetylenes is 1. The largest absolute Gasteiger partial charge is 0.497 e. The predicted molar refractivity (Wildman–Crippen MR) is 101 cm³/mol. The van der Waals surface area contributed by atoms with E-state index in [1.807, 2.05) is 24.3 Å². The fourth-order valence-electron chi connectivity index (χ4n) is 2.25. The Kier molecular flexibility index (Phi) is 7.19. The van der Waals surface area contributed by atoms with Crippen LogP contribution in [0.15, 0.2) is 41.5 Å². The van der Waals surface area contributed by atoms with Gasteiger partial charge in [0.25, 0.3) is 0 Å². The van der Waals surface area contributed by atoms with E-state index in [1.165, 1.54) is 0 Å². The maximum absolute atomic E-state index is 5.52. The summed E-state index contributed by atoms with van der Waals surface area (Å²) in [5.74, 6) is 5.15. The molecule has 6 nitrogen and oxygen atoms in total. The van der Waals surface area contributed by atoms with E-state index < -0.39 is 0 Å². The highest BCUT2D eigenvalue weighted by molar-refractivity contribution is 5.84. The first-order valence-corrected chi connectivity index (χ1v) is 7.93. The van der Waals surface area contributed by atoms with Crippen LogP contribution in [0.3, 0.4) is 0 Å². The standard InChI is InChI=1S/C20H22N2O4/c1-5-10-26-18-9-7-17(23-2)12-16(18)14-22-21-13-15-6-8-19(24-3)20(11-15)25-4/h1,6-9,11-12,14,21H,10,13H2,2-4H3/b22-14-. The van der Waals surface area contributed by atoms with Gasteiger partial charge in [-0.05, 0) is 35.9 Å². The lowest BCUT2D eigenvalue weighted by atomic mass is 10.2. The molecule has 0 aromatic heterocycles. The summed E-state index contributed by atoms with van der Waals surface area (Å²) in [6, 6.07) is 11.1. The number of nitrogens with zero attached hydrogens (tertiary/aromatic N) is 1. The predicted octanol–water partition coefficient (Wildman–Crippen LogP) is 2.85. The lowest BCUT2D eigenvalue weighted by Gasteiger charge is -2.10. The van der Waals surface area contributed by atoms with Crippen molar-refractivity contribution in [3.05, 3.63) is 47.5 Å². The Morgan fingerprint density at radius 1 is 1.00 bits per heavy atom. The summed E-state index contributed by atoms with van der Waals surface area (Å²) in [7, 11) is 4.81. The average Bonchev–Trinajstić information content (AvgIpc) is 2.69. The van der Waals surface area contributed by atoms with Gasteiger partial charge in [-0.2, -0.15) is 5.10 Å². The van der Waals surface area contributed by atoms with Gasteiger partial charge in [-0.25, -0.2) is 0 Å². The molecule has 0 unspecified atom stereocenters. The van der Waals surface area contributed by atoms with Crippen LogP contribution in [0.25, 0.3) is 0 Å². The van der Waals surface area contributed by atoms with E-state index in [0.717, 1.165) is 11.1 Å². The Labute approximate surface area is 153 Å². The molecule has 0 bridgehead atoms. The third-order valence-corrected chi connectivity index (χ3v) is 3.55. The van der Waals surface area contributed by atoms with Crippen molar-refractivity contribution in [2.45, 2.75) is 6.54 Å². The molecule has 0 radical (unpaired) electrons. The fourth-order valence-corrected chi connectivity index (χ4v) is 2.25. The van der Waals surface area contributed by atoms with E-state index in [2.05, 4.69) is 16.4 Å². The third-order valence-electron chi connectivity index (χ3n) is 3.55. The normalized spacial score (nSPS) is 10.2. The van der Waals surface area contributed by atoms with Gasteiger partial charge in [0, 0.05) is 5.56 Å². The van der Waals surface area contributed by atoms with Gasteiger partial charge < -0.3 is 24.4 Å². The first-order valence-electron chi connectivity index (χ1n) is 7.93. The van der Waals surface area contributed by atoms with Gasteiger partial charge in [-0.1, -0.05) is 12.0 Å². The first kappa shape index (κ1) is 19.0. The van der Waals surface area contributed by atoms with Crippen LogP contribution in [0, 0.1) is 12.3 Å². The molecule has 0 aliphatic rings. The molecule has 0 saturated heterocycles. The van der Waals surface area contributed by atoms with Crippen molar-refractivity contribution >= 4 is 6.21 Å². The zero-order valence-corrected chi connectivity index (χ0v) is 15.1. The van der Waals surface area contributed by atoms with Crippen LogP contribution in [0.2, 0.25) is 0 Å². The molecular formula is C20H22N2O4. The number of methoxy groups -OCH3 is 3. The van der Waals surface area contributed by atoms with Crippen molar-refractivity contribution in [3.8, 4) is 35.3 Å². The molecule has 2 aromatic carbocycles. The van der Waals surface area contributed by atoms with Crippen molar-refractivity contribution in [1.29, 1.82) is 0 Å². The first-order chi connectivity index (χ1) is 12.7. The minimum atomic E-state index is 0.187. The maximum atomic E-state index is 5.52. The van der Waals surface area contributed by atoms with Crippen LogP contribution in [-0.2, 0) is 6.54 Å². The molecule has 0 heterocycles. The molecule has 0 aliphatic carbocycles. The highest BCUT2D eigenvalue weighted by Crippen LogP contribution is 2.27. The number of nitrogens with one attached hydrogen (secondary N) is 1. The van der Waals surface area contributed by atoms with Crippen molar-refractivity contribution in [2.24, 2.45) is 5.10 Å². The van der Waals surface area contributed by atoms with Crippen LogP contribution < -0.4 is 24.4 Å². The summed E-state index contributed by atoms with van der Waals surface area (Å²) in [6.45, 7) is 0.716. The average molecular weight is 354 g/mol. The Bertz CT molecular complexity index is 797. The molecular weight excluding hydrogens is 332 g/mol. The van der Waals surface area contributed by atoms with Crippen LogP contribution in [0.1, 0.15) is 11.1 Å². The van der Waals surface area contributed by atoms with E-state index in [1.54, 1.807) is 39.7 Å². The van der Waals surface area contributed by atoms with E-state index in [9.17, 15) is 0 Å². The zero-order chi connectivity index (χ0) is 18.8. The van der Waals surface area contributed by atoms with Gasteiger partial charge in [0.1, 0.15) is 18.1 Å². The van der Waals surface area contributed by atoms with E-state index in [0.29, 0.717) is 29.5 Å². The Hall–Kier alpha value is -3.33. The minimum absolute atomic E-state index is 0.187. The summed E-state index contributed by atoms with van der Waals surface area (Å²) in [6.07, 6.45) is 6.91. The summed E-state index contributed by atoms with van der Waals surface area (Å²) in [4.78, 5) is 0. The number of hydrogen-bond donors (Lipinski definition) is 1. The topological polar surface area (TPSA) is 61.3 Å². The lowest BCUT2D eigenvalue weighted by Crippen LogP contribution is -2.06. The lowest BCUT2D eigenvalue weighted by molar-refractivity contribution is 0.354. The van der Waals surface area contributed by atoms with Gasteiger partial charge in [0.05, 0.1) is 34.1 Å². The number of ether oxygens (including phenoxy) is 4. The van der Waals surface area contributed by atoms with E-state index >= 15 is 0 Å². The molecule has 0 aliphatic heterocycles. The molecule has 0 spiro atoms.